The number of carbonyl (C=O) groups is 5. The Morgan fingerprint density at radius 3 is 1.14 bits per heavy atom. The number of likely N-dealkylation sites (tertiary alicyclic amines) is 2. The number of piperidine rings is 3. The van der Waals surface area contributed by atoms with Crippen molar-refractivity contribution in [2.24, 2.45) is 0 Å². The summed E-state index contributed by atoms with van der Waals surface area (Å²) in [5.41, 5.74) is -0.911. The number of ketones is 3. The molecule has 0 aliphatic carbocycles. The number of fused-ring (bicyclic) bond motifs is 3. The third kappa shape index (κ3) is 23.8. The number of sulfonamides is 3. The highest BCUT2D eigenvalue weighted by Gasteiger charge is 2.52. The van der Waals surface area contributed by atoms with Gasteiger partial charge in [0.2, 0.25) is 47.4 Å². The Bertz CT molecular complexity index is 6780. The number of benzene rings is 3. The third-order valence-corrected chi connectivity index (χ3v) is 28.0. The van der Waals surface area contributed by atoms with Crippen molar-refractivity contribution < 1.29 is 94.4 Å². The van der Waals surface area contributed by atoms with Crippen LogP contribution >= 0.6 is 15.9 Å². The van der Waals surface area contributed by atoms with Gasteiger partial charge in [-0.15, -0.1) is 0 Å². The minimum atomic E-state index is -3.88. The van der Waals surface area contributed by atoms with Crippen LogP contribution < -0.4 is 24.9 Å². The second kappa shape index (κ2) is 41.0. The van der Waals surface area contributed by atoms with E-state index in [9.17, 15) is 66.8 Å². The fraction of sp³-hybridized carbons (Fsp3) is 0.418. The number of halogens is 7. The van der Waals surface area contributed by atoms with Crippen LogP contribution in [0.3, 0.4) is 0 Å². The minimum Gasteiger partial charge on any atom is -0.444 e. The Morgan fingerprint density at radius 1 is 0.467 bits per heavy atom. The van der Waals surface area contributed by atoms with E-state index in [1.165, 1.54) is 24.8 Å². The average molecular weight is 1990 g/mol. The number of nitrogens with zero attached hydrogens (tertiary/aromatic N) is 11. The fourth-order valence-electron chi connectivity index (χ4n) is 15.6. The van der Waals surface area contributed by atoms with Crippen LogP contribution in [0.4, 0.5) is 53.0 Å². The lowest BCUT2D eigenvalue weighted by Gasteiger charge is -2.33. The summed E-state index contributed by atoms with van der Waals surface area (Å²) in [7, 11) is -11.9. The zero-order valence-corrected chi connectivity index (χ0v) is 80.6. The van der Waals surface area contributed by atoms with Crippen LogP contribution in [0.5, 0.6) is 0 Å². The van der Waals surface area contributed by atoms with E-state index >= 15 is 8.78 Å². The number of amides is 2. The van der Waals surface area contributed by atoms with Crippen LogP contribution in [0, 0.1) is 34.9 Å². The molecule has 135 heavy (non-hydrogen) atoms. The van der Waals surface area contributed by atoms with Gasteiger partial charge in [0.15, 0.2) is 17.5 Å². The molecule has 16 rings (SSSR count). The maximum atomic E-state index is 15.4. The quantitative estimate of drug-likeness (QED) is 0.0168. The lowest BCUT2D eigenvalue weighted by Crippen LogP contribution is -2.42. The molecule has 0 radical (unpaired) electrons. The van der Waals surface area contributed by atoms with E-state index in [1.54, 1.807) is 73.6 Å². The minimum absolute atomic E-state index is 0.0152. The van der Waals surface area contributed by atoms with Crippen molar-refractivity contribution in [2.75, 3.05) is 70.7 Å². The Morgan fingerprint density at radius 2 is 0.793 bits per heavy atom. The molecule has 44 heteroatoms. The molecule has 12 aromatic rings. The summed E-state index contributed by atoms with van der Waals surface area (Å²) in [6.07, 6.45) is 25.1. The van der Waals surface area contributed by atoms with E-state index in [0.29, 0.717) is 113 Å². The van der Waals surface area contributed by atoms with E-state index < -0.39 is 134 Å². The Hall–Kier alpha value is -11.8. The number of aromatic nitrogens is 12. The first-order chi connectivity index (χ1) is 63.6. The molecule has 9 aromatic heterocycles. The number of anilines is 3. The number of carbonyl (C=O) groups excluding carboxylic acids is 5. The summed E-state index contributed by atoms with van der Waals surface area (Å²) in [5.74, 6) is -10.7. The molecule has 4 fully saturated rings. The molecule has 4 saturated heterocycles. The van der Waals surface area contributed by atoms with E-state index in [-0.39, 0.29) is 69.4 Å². The van der Waals surface area contributed by atoms with Gasteiger partial charge in [0.1, 0.15) is 45.6 Å². The van der Waals surface area contributed by atoms with Gasteiger partial charge in [-0.3, -0.25) is 42.6 Å². The number of rotatable bonds is 24. The van der Waals surface area contributed by atoms with Crippen molar-refractivity contribution in [2.45, 2.75) is 188 Å². The molecule has 0 spiro atoms. The molecule has 0 atom stereocenters. The van der Waals surface area contributed by atoms with Gasteiger partial charge >= 0.3 is 19.3 Å². The van der Waals surface area contributed by atoms with Crippen LogP contribution in [-0.4, -0.2) is 210 Å². The highest BCUT2D eigenvalue weighted by Crippen LogP contribution is 2.39. The molecule has 33 nitrogen and oxygen atoms in total. The topological polar surface area (TPSA) is 419 Å². The molecule has 13 heterocycles. The standard InChI is InChI=1S/C30H34F2N6O5S.C25H26F2N6O3S.C19H32BN3O4.C17H14BrF2N3O3S/c1-5-12-44(41,42)36-24-7-6-23(31)25(26(24)32)27(39)22-16-34-28-21(22)13-18(14-33-28)19-15-35-38(17-19)20-8-10-37(11-9-20)29(40)43-30(2,3)4;1-2-9-37(35,36)32-21-4-3-20(26)22(23(21)27)24(34)19-13-30-25-18(19)10-15(11-29-25)16-12-31-33(14-16)17-5-7-28-8-6-17;1-17(2,3)25-16(24)22-10-8-15(9-11-22)23-13-14(12-21-23)20-26-18(4,5)19(6,7)27-20;1-2-5-27(25,26)23-13-4-3-12(19)14(15(13)20)16(24)11-8-22-17-10(11)6-9(18)7-21-17/h6-7,13-17,20,36H,5,8-12H2,1-4H3,(H,33,34);3-4,10-14,17,28,32H,2,5-9H2,1H3,(H,29,30);12-13,15H,8-11H2,1-7H3;3-4,6-8,23H,2,5H2,1H3,(H,21,22). The molecule has 7 N–H and O–H groups in total. The van der Waals surface area contributed by atoms with Crippen LogP contribution in [0.2, 0.25) is 0 Å². The molecule has 0 unspecified atom stereocenters. The molecular weight excluding hydrogens is 1890 g/mol. The monoisotopic (exact) mass is 1990 g/mol. The van der Waals surface area contributed by atoms with Gasteiger partial charge in [0.05, 0.1) is 92.7 Å². The Kier molecular flexibility index (Phi) is 30.6. The van der Waals surface area contributed by atoms with Crippen LogP contribution in [-0.2, 0) is 48.9 Å². The molecule has 0 bridgehead atoms. The molecule has 4 aliphatic rings. The van der Waals surface area contributed by atoms with Crippen molar-refractivity contribution >= 4 is 138 Å². The van der Waals surface area contributed by atoms with Gasteiger partial charge in [-0.05, 0) is 211 Å². The van der Waals surface area contributed by atoms with Crippen LogP contribution in [0.15, 0.2) is 133 Å². The predicted molar refractivity (Wildman–Crippen MR) is 502 cm³/mol. The van der Waals surface area contributed by atoms with Crippen molar-refractivity contribution in [3.05, 3.63) is 202 Å². The highest BCUT2D eigenvalue weighted by atomic mass is 79.9. The normalized spacial score (nSPS) is 15.7. The summed E-state index contributed by atoms with van der Waals surface area (Å²) in [6, 6.07) is 11.0. The number of ether oxygens (including phenoxy) is 2. The van der Waals surface area contributed by atoms with Gasteiger partial charge < -0.3 is 48.9 Å². The van der Waals surface area contributed by atoms with Crippen molar-refractivity contribution in [3.63, 3.8) is 0 Å². The summed E-state index contributed by atoms with van der Waals surface area (Å²) in [6.45, 7) is 28.6. The number of pyridine rings is 3. The second-order valence-electron chi connectivity index (χ2n) is 36.1. The Balaban J connectivity index is 0.000000156. The Labute approximate surface area is 785 Å². The smallest absolute Gasteiger partial charge is 0.444 e. The van der Waals surface area contributed by atoms with Crippen molar-refractivity contribution in [1.82, 2.24) is 74.4 Å². The van der Waals surface area contributed by atoms with Crippen LogP contribution in [0.25, 0.3) is 55.4 Å². The number of aromatic amines is 3. The summed E-state index contributed by atoms with van der Waals surface area (Å²) < 4.78 is 197. The number of nitrogens with one attached hydrogen (secondary N) is 7. The molecule has 0 saturated carbocycles. The first-order valence-corrected chi connectivity index (χ1v) is 49.7. The van der Waals surface area contributed by atoms with Crippen molar-refractivity contribution in [1.29, 1.82) is 0 Å². The molecule has 4 aliphatic heterocycles. The fourth-order valence-corrected chi connectivity index (χ4v) is 19.4. The van der Waals surface area contributed by atoms with E-state index in [4.69, 9.17) is 18.8 Å². The molecule has 720 valence electrons. The van der Waals surface area contributed by atoms with Gasteiger partial charge in [0.25, 0.3) is 0 Å². The lowest BCUT2D eigenvalue weighted by atomic mass is 9.82. The lowest BCUT2D eigenvalue weighted by molar-refractivity contribution is 0.00578. The second-order valence-corrected chi connectivity index (χ2v) is 42.6. The molecule has 2 amide bonds. The van der Waals surface area contributed by atoms with Crippen LogP contribution in [0.1, 0.15) is 214 Å². The highest BCUT2D eigenvalue weighted by molar-refractivity contribution is 9.10. The number of hydrogen-bond acceptors (Lipinski definition) is 22. The third-order valence-electron chi connectivity index (χ3n) is 23.1. The molecular formula is C91H106BBrF6N18O15S3. The zero-order valence-electron chi connectivity index (χ0n) is 76.6. The van der Waals surface area contributed by atoms with Gasteiger partial charge in [-0.25, -0.2) is 76.1 Å². The van der Waals surface area contributed by atoms with Gasteiger partial charge in [0, 0.05) is 153 Å². The summed E-state index contributed by atoms with van der Waals surface area (Å²) >= 11 is 3.23. The number of H-pyrrole nitrogens is 3. The maximum Gasteiger partial charge on any atom is 0.498 e. The maximum absolute atomic E-state index is 15.4. The molecule has 3 aromatic carbocycles. The SMILES string of the molecule is CC(C)(C)OC(=O)N1CCC(n2cc(B3OC(C)(C)C(C)(C)O3)cn2)CC1.CCCS(=O)(=O)Nc1ccc(F)c(C(=O)c2c[nH]c3ncc(-c4cnn(C5CCN(C(=O)OC(C)(C)C)CC5)c4)cc23)c1F.CCCS(=O)(=O)Nc1ccc(F)c(C(=O)c2c[nH]c3ncc(-c4cnn(C5CCNCC5)c4)cc23)c1F.CCCS(=O)(=O)Nc1ccc(F)c(C(=O)c2c[nH]c3ncc(Br)cc23)c1F. The van der Waals surface area contributed by atoms with E-state index in [1.807, 2.05) is 108 Å². The van der Waals surface area contributed by atoms with E-state index in [0.717, 1.165) is 91.8 Å². The van der Waals surface area contributed by atoms with Gasteiger partial charge in [-0.2, -0.15) is 15.3 Å². The first-order valence-electron chi connectivity index (χ1n) is 44.0. The summed E-state index contributed by atoms with van der Waals surface area (Å²) in [5, 5.41) is 18.0. The number of hydrogen-bond donors (Lipinski definition) is 7. The first kappa shape index (κ1) is 101. The summed E-state index contributed by atoms with van der Waals surface area (Å²) in [4.78, 5) is 89.0. The average Bonchev–Trinajstić information content (AvgIpc) is 1.66. The zero-order chi connectivity index (χ0) is 97.8. The largest absolute Gasteiger partial charge is 0.498 e. The van der Waals surface area contributed by atoms with Gasteiger partial charge in [-0.1, -0.05) is 20.8 Å². The predicted octanol–water partition coefficient (Wildman–Crippen LogP) is 16.4. The van der Waals surface area contributed by atoms with Crippen molar-refractivity contribution in [3.8, 4) is 22.3 Å². The van der Waals surface area contributed by atoms with E-state index in [2.05, 4.69) is 80.6 Å².